The van der Waals surface area contributed by atoms with E-state index in [9.17, 15) is 4.79 Å². The number of piperidine rings is 1. The van der Waals surface area contributed by atoms with E-state index >= 15 is 0 Å². The summed E-state index contributed by atoms with van der Waals surface area (Å²) in [6.45, 7) is 6.82. The Morgan fingerprint density at radius 3 is 2.75 bits per heavy atom. The van der Waals surface area contributed by atoms with E-state index in [4.69, 9.17) is 4.42 Å². The van der Waals surface area contributed by atoms with Gasteiger partial charge in [-0.2, -0.15) is 0 Å². The summed E-state index contributed by atoms with van der Waals surface area (Å²) in [7, 11) is 0. The fourth-order valence-corrected chi connectivity index (χ4v) is 3.61. The van der Waals surface area contributed by atoms with Crippen LogP contribution in [0.3, 0.4) is 0 Å². The summed E-state index contributed by atoms with van der Waals surface area (Å²) in [5, 5.41) is 4.30. The van der Waals surface area contributed by atoms with E-state index in [2.05, 4.69) is 35.3 Å². The summed E-state index contributed by atoms with van der Waals surface area (Å²) in [4.78, 5) is 13.7. The van der Waals surface area contributed by atoms with Gasteiger partial charge in [-0.05, 0) is 25.3 Å². The molecular formula is C20H28N2O2. The van der Waals surface area contributed by atoms with Gasteiger partial charge in [-0.1, -0.05) is 31.5 Å². The Hall–Kier alpha value is -1.81. The molecule has 0 unspecified atom stereocenters. The molecule has 130 valence electrons. The highest BCUT2D eigenvalue weighted by Crippen LogP contribution is 2.29. The summed E-state index contributed by atoms with van der Waals surface area (Å²) in [6.07, 6.45) is 5.41. The van der Waals surface area contributed by atoms with Crippen LogP contribution in [0.1, 0.15) is 50.9 Å². The van der Waals surface area contributed by atoms with E-state index in [1.165, 1.54) is 17.4 Å². The number of hydrogen-bond acceptors (Lipinski definition) is 3. The second-order valence-electron chi connectivity index (χ2n) is 6.85. The fraction of sp³-hybridized carbons (Fsp3) is 0.550. The zero-order valence-corrected chi connectivity index (χ0v) is 14.8. The van der Waals surface area contributed by atoms with Crippen molar-refractivity contribution < 1.29 is 9.21 Å². The number of nitrogens with zero attached hydrogens (tertiary/aromatic N) is 1. The minimum Gasteiger partial charge on any atom is -0.461 e. The maximum absolute atomic E-state index is 11.2. The van der Waals surface area contributed by atoms with Gasteiger partial charge in [-0.15, -0.1) is 0 Å². The van der Waals surface area contributed by atoms with Crippen LogP contribution in [0.4, 0.5) is 0 Å². The molecule has 1 saturated heterocycles. The second-order valence-corrected chi connectivity index (χ2v) is 6.85. The highest BCUT2D eigenvalue weighted by atomic mass is 16.3. The smallest absolute Gasteiger partial charge is 0.217 e. The molecule has 0 aliphatic carbocycles. The molecule has 1 aliphatic heterocycles. The number of likely N-dealkylation sites (tertiary alicyclic amines) is 1. The van der Waals surface area contributed by atoms with Crippen LogP contribution in [0, 0.1) is 0 Å². The number of aryl methyl sites for hydroxylation is 1. The van der Waals surface area contributed by atoms with E-state index in [0.29, 0.717) is 6.04 Å². The maximum Gasteiger partial charge on any atom is 0.217 e. The van der Waals surface area contributed by atoms with Crippen molar-refractivity contribution in [2.24, 2.45) is 0 Å². The quantitative estimate of drug-likeness (QED) is 0.875. The third-order valence-corrected chi connectivity index (χ3v) is 4.92. The number of rotatable bonds is 6. The van der Waals surface area contributed by atoms with E-state index in [1.807, 2.05) is 6.07 Å². The van der Waals surface area contributed by atoms with Crippen LogP contribution in [-0.2, 0) is 17.8 Å². The molecule has 1 aliphatic rings. The van der Waals surface area contributed by atoms with Gasteiger partial charge in [0, 0.05) is 50.0 Å². The molecule has 1 amide bonds. The minimum atomic E-state index is 0.0798. The van der Waals surface area contributed by atoms with E-state index in [-0.39, 0.29) is 5.91 Å². The van der Waals surface area contributed by atoms with Crippen molar-refractivity contribution in [2.75, 3.05) is 13.1 Å². The maximum atomic E-state index is 11.2. The molecule has 0 saturated carbocycles. The molecule has 24 heavy (non-hydrogen) atoms. The second kappa shape index (κ2) is 7.84. The predicted molar refractivity (Wildman–Crippen MR) is 96.9 cm³/mol. The molecule has 1 fully saturated rings. The fourth-order valence-electron chi connectivity index (χ4n) is 3.61. The molecule has 1 aromatic carbocycles. The lowest BCUT2D eigenvalue weighted by molar-refractivity contribution is -0.119. The number of benzene rings is 1. The topological polar surface area (TPSA) is 45.5 Å². The molecule has 2 heterocycles. The molecule has 1 aromatic heterocycles. The van der Waals surface area contributed by atoms with Crippen molar-refractivity contribution in [3.63, 3.8) is 0 Å². The van der Waals surface area contributed by atoms with Crippen LogP contribution in [-0.4, -0.2) is 29.9 Å². The first-order valence-corrected chi connectivity index (χ1v) is 9.16. The summed E-state index contributed by atoms with van der Waals surface area (Å²) in [6, 6.07) is 8.70. The third-order valence-electron chi connectivity index (χ3n) is 4.92. The highest BCUT2D eigenvalue weighted by molar-refractivity contribution is 5.82. The van der Waals surface area contributed by atoms with E-state index in [0.717, 1.165) is 56.7 Å². The Kier molecular flexibility index (Phi) is 5.56. The molecule has 0 bridgehead atoms. The van der Waals surface area contributed by atoms with Crippen molar-refractivity contribution in [1.29, 1.82) is 0 Å². The van der Waals surface area contributed by atoms with Crippen LogP contribution in [0.5, 0.6) is 0 Å². The zero-order valence-electron chi connectivity index (χ0n) is 14.8. The Balaban J connectivity index is 1.71. The Morgan fingerprint density at radius 1 is 1.29 bits per heavy atom. The zero-order chi connectivity index (χ0) is 16.9. The number of nitrogens with one attached hydrogen (secondary N) is 1. The van der Waals surface area contributed by atoms with Crippen molar-refractivity contribution in [1.82, 2.24) is 10.2 Å². The van der Waals surface area contributed by atoms with Crippen LogP contribution < -0.4 is 5.32 Å². The first-order chi connectivity index (χ1) is 11.7. The lowest BCUT2D eigenvalue weighted by Gasteiger charge is -2.32. The van der Waals surface area contributed by atoms with Gasteiger partial charge in [-0.3, -0.25) is 9.69 Å². The number of carbonyl (C=O) groups is 1. The summed E-state index contributed by atoms with van der Waals surface area (Å²) >= 11 is 0. The molecule has 0 spiro atoms. The van der Waals surface area contributed by atoms with Crippen molar-refractivity contribution in [3.8, 4) is 0 Å². The van der Waals surface area contributed by atoms with Crippen LogP contribution in [0.25, 0.3) is 11.0 Å². The van der Waals surface area contributed by atoms with Crippen LogP contribution >= 0.6 is 0 Å². The SMILES string of the molecule is CCCCc1oc2ccccc2c1CN1CCC(NC(C)=O)CC1. The average Bonchev–Trinajstić information content (AvgIpc) is 2.92. The normalized spacial score (nSPS) is 16.6. The standard InChI is InChI=1S/C20H28N2O2/c1-3-4-8-20-18(17-7-5-6-9-19(17)24-20)14-22-12-10-16(11-13-22)21-15(2)23/h5-7,9,16H,3-4,8,10-14H2,1-2H3,(H,21,23). The van der Waals surface area contributed by atoms with Gasteiger partial charge in [0.05, 0.1) is 0 Å². The monoisotopic (exact) mass is 328 g/mol. The Labute approximate surface area is 144 Å². The Morgan fingerprint density at radius 2 is 2.04 bits per heavy atom. The van der Waals surface area contributed by atoms with Gasteiger partial charge in [0.1, 0.15) is 11.3 Å². The molecule has 2 aromatic rings. The molecule has 1 N–H and O–H groups in total. The first-order valence-electron chi connectivity index (χ1n) is 9.16. The van der Waals surface area contributed by atoms with Gasteiger partial charge < -0.3 is 9.73 Å². The van der Waals surface area contributed by atoms with Gasteiger partial charge in [0.25, 0.3) is 0 Å². The highest BCUT2D eigenvalue weighted by Gasteiger charge is 2.22. The number of hydrogen-bond donors (Lipinski definition) is 1. The number of fused-ring (bicyclic) bond motifs is 1. The minimum absolute atomic E-state index is 0.0798. The number of carbonyl (C=O) groups excluding carboxylic acids is 1. The third kappa shape index (κ3) is 3.99. The van der Waals surface area contributed by atoms with Gasteiger partial charge in [0.2, 0.25) is 5.91 Å². The molecule has 4 heteroatoms. The summed E-state index contributed by atoms with van der Waals surface area (Å²) < 4.78 is 6.13. The Bertz CT molecular complexity index is 684. The summed E-state index contributed by atoms with van der Waals surface area (Å²) in [5.74, 6) is 1.23. The number of unbranched alkanes of at least 4 members (excludes halogenated alkanes) is 1. The first kappa shape index (κ1) is 17.0. The molecule has 4 nitrogen and oxygen atoms in total. The molecule has 0 radical (unpaired) electrons. The van der Waals surface area contributed by atoms with E-state index in [1.54, 1.807) is 6.92 Å². The largest absolute Gasteiger partial charge is 0.461 e. The number of para-hydroxylation sites is 1. The lowest BCUT2D eigenvalue weighted by Crippen LogP contribution is -2.43. The number of amides is 1. The van der Waals surface area contributed by atoms with Crippen LogP contribution in [0.15, 0.2) is 28.7 Å². The molecule has 0 atom stereocenters. The van der Waals surface area contributed by atoms with Crippen molar-refractivity contribution >= 4 is 16.9 Å². The van der Waals surface area contributed by atoms with E-state index < -0.39 is 0 Å². The van der Waals surface area contributed by atoms with Crippen molar-refractivity contribution in [3.05, 3.63) is 35.6 Å². The molecular weight excluding hydrogens is 300 g/mol. The van der Waals surface area contributed by atoms with Crippen molar-refractivity contribution in [2.45, 2.75) is 58.5 Å². The predicted octanol–water partition coefficient (Wildman–Crippen LogP) is 3.88. The summed E-state index contributed by atoms with van der Waals surface area (Å²) in [5.41, 5.74) is 2.36. The van der Waals surface area contributed by atoms with Gasteiger partial charge in [-0.25, -0.2) is 0 Å². The number of furan rings is 1. The average molecular weight is 328 g/mol. The van der Waals surface area contributed by atoms with Gasteiger partial charge >= 0.3 is 0 Å². The molecule has 3 rings (SSSR count). The van der Waals surface area contributed by atoms with Gasteiger partial charge in [0.15, 0.2) is 0 Å². The lowest BCUT2D eigenvalue weighted by atomic mass is 10.0. The van der Waals surface area contributed by atoms with Crippen LogP contribution in [0.2, 0.25) is 0 Å².